The Kier molecular flexibility index (Phi) is 11.1. The van der Waals surface area contributed by atoms with E-state index in [0.29, 0.717) is 19.4 Å². The van der Waals surface area contributed by atoms with Crippen LogP contribution in [0.4, 0.5) is 0 Å². The summed E-state index contributed by atoms with van der Waals surface area (Å²) in [4.78, 5) is 66.8. The predicted octanol–water partition coefficient (Wildman–Crippen LogP) is -1.15. The van der Waals surface area contributed by atoms with Crippen molar-refractivity contribution in [2.75, 3.05) is 27.2 Å². The van der Waals surface area contributed by atoms with Crippen LogP contribution in [0.15, 0.2) is 0 Å². The van der Waals surface area contributed by atoms with Crippen LogP contribution in [0.3, 0.4) is 0 Å². The second-order valence-corrected chi connectivity index (χ2v) is 9.91. The molecule has 1 fully saturated rings. The first-order valence-corrected chi connectivity index (χ1v) is 11.9. The number of amides is 4. The Hall–Kier alpha value is -2.73. The van der Waals surface area contributed by atoms with Gasteiger partial charge in [0, 0.05) is 20.6 Å². The van der Waals surface area contributed by atoms with Gasteiger partial charge in [-0.3, -0.25) is 19.2 Å². The minimum Gasteiger partial charge on any atom is -0.480 e. The van der Waals surface area contributed by atoms with Gasteiger partial charge in [-0.15, -0.1) is 0 Å². The predicted molar refractivity (Wildman–Crippen MR) is 128 cm³/mol. The van der Waals surface area contributed by atoms with Crippen molar-refractivity contribution in [3.63, 3.8) is 0 Å². The van der Waals surface area contributed by atoms with Crippen molar-refractivity contribution >= 4 is 29.6 Å². The van der Waals surface area contributed by atoms with E-state index >= 15 is 0 Å². The van der Waals surface area contributed by atoms with Crippen LogP contribution in [-0.4, -0.2) is 112 Å². The maximum Gasteiger partial charge on any atom is 0.326 e. The van der Waals surface area contributed by atoms with Crippen molar-refractivity contribution in [1.29, 1.82) is 0 Å². The van der Waals surface area contributed by atoms with E-state index in [1.807, 2.05) is 0 Å². The van der Waals surface area contributed by atoms with Crippen molar-refractivity contribution < 1.29 is 34.2 Å². The molecule has 1 saturated heterocycles. The average Bonchev–Trinajstić information content (AvgIpc) is 3.24. The van der Waals surface area contributed by atoms with E-state index in [2.05, 4.69) is 5.32 Å². The van der Waals surface area contributed by atoms with Gasteiger partial charge in [0.25, 0.3) is 0 Å². The number of carbonyl (C=O) groups excluding carboxylic acids is 4. The number of nitrogens with one attached hydrogen (secondary N) is 1. The number of hydrogen-bond donors (Lipinski definition) is 4. The van der Waals surface area contributed by atoms with Crippen LogP contribution in [-0.2, 0) is 24.0 Å². The van der Waals surface area contributed by atoms with E-state index in [1.54, 1.807) is 27.7 Å². The summed E-state index contributed by atoms with van der Waals surface area (Å²) in [7, 11) is 2.82. The van der Waals surface area contributed by atoms with Gasteiger partial charge in [-0.25, -0.2) is 4.79 Å². The number of nitrogens with zero attached hydrogens (tertiary/aromatic N) is 3. The van der Waals surface area contributed by atoms with Crippen LogP contribution >= 0.6 is 0 Å². The average molecular weight is 500 g/mol. The van der Waals surface area contributed by atoms with Gasteiger partial charge in [0.2, 0.25) is 23.6 Å². The smallest absolute Gasteiger partial charge is 0.326 e. The van der Waals surface area contributed by atoms with Crippen LogP contribution in [0, 0.1) is 11.8 Å². The maximum atomic E-state index is 13.3. The van der Waals surface area contributed by atoms with Gasteiger partial charge < -0.3 is 36.0 Å². The number of carboxylic acids is 1. The van der Waals surface area contributed by atoms with E-state index in [1.165, 1.54) is 30.8 Å². The fourth-order valence-corrected chi connectivity index (χ4v) is 4.15. The molecule has 12 heteroatoms. The maximum absolute atomic E-state index is 13.3. The number of rotatable bonds is 11. The number of aliphatic hydroxyl groups is 1. The largest absolute Gasteiger partial charge is 0.480 e. The van der Waals surface area contributed by atoms with Crippen LogP contribution < -0.4 is 11.1 Å². The van der Waals surface area contributed by atoms with E-state index in [0.717, 1.165) is 4.90 Å². The van der Waals surface area contributed by atoms with E-state index in [4.69, 9.17) is 5.73 Å². The van der Waals surface area contributed by atoms with E-state index in [-0.39, 0.29) is 18.4 Å². The summed E-state index contributed by atoms with van der Waals surface area (Å²) in [6.07, 6.45) is -0.126. The number of likely N-dealkylation sites (tertiary alicyclic amines) is 1. The molecule has 1 aliphatic heterocycles. The van der Waals surface area contributed by atoms with Gasteiger partial charge >= 0.3 is 5.97 Å². The minimum atomic E-state index is -1.20. The zero-order chi connectivity index (χ0) is 27.2. The second-order valence-electron chi connectivity index (χ2n) is 9.91. The lowest BCUT2D eigenvalue weighted by molar-refractivity contribution is -0.153. The summed E-state index contributed by atoms with van der Waals surface area (Å²) in [5.41, 5.74) is 5.69. The van der Waals surface area contributed by atoms with Gasteiger partial charge in [0.05, 0.1) is 12.6 Å². The number of carbonyl (C=O) groups is 5. The SMILES string of the molecule is CC(C)[C@H](NC(=O)[C@@H](N)[C@@H](C)O)C(=O)N1CCC[C@H]1C(=O)N(C)CC(=O)N(C)[C@H](C(=O)O)C(C)C. The zero-order valence-electron chi connectivity index (χ0n) is 21.7. The molecule has 0 aromatic heterocycles. The first-order chi connectivity index (χ1) is 16.1. The Morgan fingerprint density at radius 2 is 1.63 bits per heavy atom. The molecule has 0 aromatic carbocycles. The topological polar surface area (TPSA) is 174 Å². The summed E-state index contributed by atoms with van der Waals surface area (Å²) in [6.45, 7) is 8.23. The molecular formula is C23H41N5O7. The lowest BCUT2D eigenvalue weighted by atomic mass is 10.0. The Labute approximate surface area is 206 Å². The fourth-order valence-electron chi connectivity index (χ4n) is 4.15. The second kappa shape index (κ2) is 12.8. The van der Waals surface area contributed by atoms with Gasteiger partial charge in [0.1, 0.15) is 24.2 Å². The molecule has 0 bridgehead atoms. The van der Waals surface area contributed by atoms with Gasteiger partial charge in [0.15, 0.2) is 0 Å². The molecule has 0 saturated carbocycles. The molecule has 0 aliphatic carbocycles. The number of aliphatic hydroxyl groups excluding tert-OH is 1. The quantitative estimate of drug-likeness (QED) is 0.276. The number of likely N-dealkylation sites (N-methyl/N-ethyl adjacent to an activating group) is 2. The third-order valence-corrected chi connectivity index (χ3v) is 6.32. The summed E-state index contributed by atoms with van der Waals surface area (Å²) in [5, 5.41) is 21.6. The number of nitrogens with two attached hydrogens (primary N) is 1. The summed E-state index contributed by atoms with van der Waals surface area (Å²) in [5.74, 6) is -3.84. The number of hydrogen-bond acceptors (Lipinski definition) is 7. The van der Waals surface area contributed by atoms with Crippen molar-refractivity contribution in [3.05, 3.63) is 0 Å². The molecule has 1 heterocycles. The van der Waals surface area contributed by atoms with Crippen molar-refractivity contribution in [2.24, 2.45) is 17.6 Å². The highest BCUT2D eigenvalue weighted by Gasteiger charge is 2.41. The monoisotopic (exact) mass is 499 g/mol. The van der Waals surface area contributed by atoms with E-state index < -0.39 is 59.9 Å². The third-order valence-electron chi connectivity index (χ3n) is 6.32. The van der Waals surface area contributed by atoms with Crippen LogP contribution in [0.2, 0.25) is 0 Å². The molecule has 1 aliphatic rings. The molecule has 12 nitrogen and oxygen atoms in total. The lowest BCUT2D eigenvalue weighted by Gasteiger charge is -2.33. The molecular weight excluding hydrogens is 458 g/mol. The van der Waals surface area contributed by atoms with Crippen molar-refractivity contribution in [2.45, 2.75) is 77.7 Å². The van der Waals surface area contributed by atoms with Crippen LogP contribution in [0.25, 0.3) is 0 Å². The zero-order valence-corrected chi connectivity index (χ0v) is 21.7. The Bertz CT molecular complexity index is 801. The van der Waals surface area contributed by atoms with Gasteiger partial charge in [-0.2, -0.15) is 0 Å². The molecule has 1 rings (SSSR count). The highest BCUT2D eigenvalue weighted by Crippen LogP contribution is 2.22. The van der Waals surface area contributed by atoms with E-state index in [9.17, 15) is 34.2 Å². The molecule has 0 unspecified atom stereocenters. The first-order valence-electron chi connectivity index (χ1n) is 11.9. The standard InChI is InChI=1S/C23H41N5O7/c1-12(2)18(25-20(31)17(24)14(5)29)22(33)28-10-8-9-15(28)21(32)26(6)11-16(30)27(7)19(13(3)4)23(34)35/h12-15,17-19,29H,8-11,24H2,1-7H3,(H,25,31)(H,34,35)/t14-,15+,17+,18+,19+/m1/s1. The summed E-state index contributed by atoms with van der Waals surface area (Å²) < 4.78 is 0. The fraction of sp³-hybridized carbons (Fsp3) is 0.783. The van der Waals surface area contributed by atoms with Gasteiger partial charge in [-0.1, -0.05) is 27.7 Å². The molecule has 0 aromatic rings. The molecule has 5 N–H and O–H groups in total. The first kappa shape index (κ1) is 30.3. The number of aliphatic carboxylic acids is 1. The highest BCUT2D eigenvalue weighted by atomic mass is 16.4. The Morgan fingerprint density at radius 1 is 1.06 bits per heavy atom. The van der Waals surface area contributed by atoms with Gasteiger partial charge in [-0.05, 0) is 31.6 Å². The molecule has 0 radical (unpaired) electrons. The summed E-state index contributed by atoms with van der Waals surface area (Å²) >= 11 is 0. The van der Waals surface area contributed by atoms with Crippen LogP contribution in [0.1, 0.15) is 47.5 Å². The Morgan fingerprint density at radius 3 is 2.09 bits per heavy atom. The molecule has 200 valence electrons. The number of carboxylic acid groups (broad SMARTS) is 1. The molecule has 5 atom stereocenters. The van der Waals surface area contributed by atoms with Crippen molar-refractivity contribution in [3.8, 4) is 0 Å². The molecule has 0 spiro atoms. The van der Waals surface area contributed by atoms with Crippen LogP contribution in [0.5, 0.6) is 0 Å². The highest BCUT2D eigenvalue weighted by molar-refractivity contribution is 5.95. The third kappa shape index (κ3) is 7.63. The normalized spacial score (nSPS) is 19.2. The minimum absolute atomic E-state index is 0.305. The lowest BCUT2D eigenvalue weighted by Crippen LogP contribution is -2.59. The summed E-state index contributed by atoms with van der Waals surface area (Å²) in [6, 6.07) is -3.98. The molecule has 4 amide bonds. The Balaban J connectivity index is 2.96. The molecule has 35 heavy (non-hydrogen) atoms. The van der Waals surface area contributed by atoms with Crippen molar-refractivity contribution in [1.82, 2.24) is 20.0 Å².